The zero-order chi connectivity index (χ0) is 19.8. The molecule has 7 nitrogen and oxygen atoms in total. The van der Waals surface area contributed by atoms with Crippen molar-refractivity contribution in [3.05, 3.63) is 0 Å². The number of hydrogen-bond acceptors (Lipinski definition) is 5. The zero-order valence-electron chi connectivity index (χ0n) is 17.4. The van der Waals surface area contributed by atoms with Crippen LogP contribution in [0.25, 0.3) is 0 Å². The van der Waals surface area contributed by atoms with Crippen molar-refractivity contribution >= 4 is 12.0 Å². The summed E-state index contributed by atoms with van der Waals surface area (Å²) in [6, 6.07) is 0.756. The lowest BCUT2D eigenvalue weighted by Gasteiger charge is -2.59. The van der Waals surface area contributed by atoms with Crippen LogP contribution in [-0.4, -0.2) is 89.8 Å². The van der Waals surface area contributed by atoms with Crippen molar-refractivity contribution in [2.45, 2.75) is 69.1 Å². The first-order valence-corrected chi connectivity index (χ1v) is 11.7. The Balaban J connectivity index is 1.06. The topological polar surface area (TPSA) is 62.3 Å². The fourth-order valence-corrected chi connectivity index (χ4v) is 7.07. The molecule has 0 aromatic rings. The van der Waals surface area contributed by atoms with Gasteiger partial charge in [-0.2, -0.15) is 0 Å². The third-order valence-electron chi connectivity index (χ3n) is 8.92. The van der Waals surface area contributed by atoms with Gasteiger partial charge in [0, 0.05) is 37.1 Å². The van der Waals surface area contributed by atoms with Crippen molar-refractivity contribution in [2.75, 3.05) is 39.5 Å². The lowest BCUT2D eigenvalue weighted by molar-refractivity contribution is -0.158. The number of fused-ring (bicyclic) bond motifs is 3. The smallest absolute Gasteiger partial charge is 0.410 e. The third kappa shape index (κ3) is 2.69. The fraction of sp³-hybridized carbons (Fsp3) is 0.909. The quantitative estimate of drug-likeness (QED) is 0.718. The number of carbonyl (C=O) groups is 2. The summed E-state index contributed by atoms with van der Waals surface area (Å²) in [5, 5.41) is 0. The van der Waals surface area contributed by atoms with Crippen LogP contribution in [0.4, 0.5) is 4.79 Å². The summed E-state index contributed by atoms with van der Waals surface area (Å²) in [5.74, 6) is 1.90. The molecule has 0 aromatic carbocycles. The van der Waals surface area contributed by atoms with E-state index in [9.17, 15) is 9.59 Å². The number of rotatable bonds is 3. The van der Waals surface area contributed by atoms with E-state index >= 15 is 0 Å². The molecule has 0 aromatic heterocycles. The summed E-state index contributed by atoms with van der Waals surface area (Å²) in [7, 11) is 0. The molecule has 2 saturated carbocycles. The van der Waals surface area contributed by atoms with Gasteiger partial charge in [0.25, 0.3) is 0 Å². The first kappa shape index (κ1) is 18.4. The van der Waals surface area contributed by atoms with Crippen molar-refractivity contribution < 1.29 is 19.1 Å². The van der Waals surface area contributed by atoms with Crippen molar-refractivity contribution in [2.24, 2.45) is 17.8 Å². The van der Waals surface area contributed by atoms with Crippen LogP contribution >= 0.6 is 0 Å². The molecule has 7 heteroatoms. The molecular weight excluding hydrogens is 370 g/mol. The van der Waals surface area contributed by atoms with Gasteiger partial charge in [0.15, 0.2) is 0 Å². The Bertz CT molecular complexity index is 679. The van der Waals surface area contributed by atoms with E-state index in [0.717, 1.165) is 32.5 Å². The van der Waals surface area contributed by atoms with Gasteiger partial charge in [-0.15, -0.1) is 0 Å². The number of nitrogens with zero attached hydrogens (tertiary/aromatic N) is 3. The SMILES string of the molecule is CCOC(=O)N1C2COCC1CC(N1C[C@@H]3[C@H](C1)[C@@H]3C(=O)N1CCC13CCC3)C2. The number of morpholine rings is 1. The Morgan fingerprint density at radius 3 is 2.24 bits per heavy atom. The Morgan fingerprint density at radius 1 is 1.03 bits per heavy atom. The Hall–Kier alpha value is -1.34. The molecule has 4 heterocycles. The van der Waals surface area contributed by atoms with E-state index < -0.39 is 0 Å². The molecule has 6 aliphatic rings. The maximum absolute atomic E-state index is 13.1. The second kappa shape index (κ2) is 6.58. The summed E-state index contributed by atoms with van der Waals surface area (Å²) >= 11 is 0. The van der Waals surface area contributed by atoms with Gasteiger partial charge >= 0.3 is 6.09 Å². The summed E-state index contributed by atoms with van der Waals surface area (Å²) < 4.78 is 11.0. The zero-order valence-corrected chi connectivity index (χ0v) is 17.4. The number of likely N-dealkylation sites (tertiary alicyclic amines) is 2. The van der Waals surface area contributed by atoms with E-state index in [1.165, 1.54) is 25.7 Å². The highest BCUT2D eigenvalue weighted by Gasteiger charge is 2.64. The minimum Gasteiger partial charge on any atom is -0.450 e. The molecule has 2 aliphatic carbocycles. The van der Waals surface area contributed by atoms with E-state index in [0.29, 0.717) is 49.5 Å². The Kier molecular flexibility index (Phi) is 4.18. The highest BCUT2D eigenvalue weighted by Crippen LogP contribution is 2.57. The monoisotopic (exact) mass is 403 g/mol. The molecule has 0 radical (unpaired) electrons. The molecule has 4 aliphatic heterocycles. The van der Waals surface area contributed by atoms with Crippen LogP contribution in [0.15, 0.2) is 0 Å². The van der Waals surface area contributed by atoms with Gasteiger partial charge in [0.2, 0.25) is 5.91 Å². The largest absolute Gasteiger partial charge is 0.450 e. The van der Waals surface area contributed by atoms with Crippen LogP contribution in [-0.2, 0) is 14.3 Å². The van der Waals surface area contributed by atoms with E-state index in [2.05, 4.69) is 9.80 Å². The van der Waals surface area contributed by atoms with Gasteiger partial charge in [0.1, 0.15) is 0 Å². The van der Waals surface area contributed by atoms with E-state index in [-0.39, 0.29) is 23.7 Å². The second-order valence-electron chi connectivity index (χ2n) is 10.2. The van der Waals surface area contributed by atoms with Crippen LogP contribution in [0.2, 0.25) is 0 Å². The standard InChI is InChI=1S/C22H33N3O4/c1-2-29-21(27)25-15-8-14(9-16(25)13-28-12-15)23-10-17-18(11-23)19(17)20(26)24-7-6-22(24)4-3-5-22/h14-19H,2-13H2,1H3/t14?,15?,16?,17-,18+,19-. The highest BCUT2D eigenvalue weighted by molar-refractivity contribution is 5.84. The molecule has 5 atom stereocenters. The van der Waals surface area contributed by atoms with Crippen molar-refractivity contribution in [3.63, 3.8) is 0 Å². The Labute approximate surface area is 172 Å². The molecule has 29 heavy (non-hydrogen) atoms. The van der Waals surface area contributed by atoms with Crippen LogP contribution < -0.4 is 0 Å². The number of carbonyl (C=O) groups excluding carboxylic acids is 2. The maximum atomic E-state index is 13.1. The van der Waals surface area contributed by atoms with Gasteiger partial charge in [-0.25, -0.2) is 4.79 Å². The minimum absolute atomic E-state index is 0.125. The van der Waals surface area contributed by atoms with Gasteiger partial charge in [-0.05, 0) is 57.3 Å². The molecule has 6 rings (SSSR count). The average molecular weight is 404 g/mol. The number of hydrogen-bond donors (Lipinski definition) is 0. The van der Waals surface area contributed by atoms with Crippen molar-refractivity contribution in [3.8, 4) is 0 Å². The molecule has 2 amide bonds. The summed E-state index contributed by atoms with van der Waals surface area (Å²) in [6.07, 6.45) is 6.74. The van der Waals surface area contributed by atoms with Gasteiger partial charge in [-0.3, -0.25) is 14.6 Å². The fourth-order valence-electron chi connectivity index (χ4n) is 7.07. The number of piperidine rings is 2. The van der Waals surface area contributed by atoms with E-state index in [1.807, 2.05) is 11.8 Å². The van der Waals surface area contributed by atoms with Crippen LogP contribution in [0.1, 0.15) is 45.4 Å². The Morgan fingerprint density at radius 2 is 1.72 bits per heavy atom. The lowest BCUT2D eigenvalue weighted by atomic mass is 9.67. The minimum atomic E-state index is -0.182. The van der Waals surface area contributed by atoms with E-state index in [1.54, 1.807) is 0 Å². The van der Waals surface area contributed by atoms with Crippen LogP contribution in [0.5, 0.6) is 0 Å². The van der Waals surface area contributed by atoms with Gasteiger partial charge in [-0.1, -0.05) is 0 Å². The van der Waals surface area contributed by atoms with Crippen molar-refractivity contribution in [1.82, 2.24) is 14.7 Å². The third-order valence-corrected chi connectivity index (χ3v) is 8.92. The first-order valence-electron chi connectivity index (χ1n) is 11.7. The molecule has 160 valence electrons. The van der Waals surface area contributed by atoms with Gasteiger partial charge < -0.3 is 14.4 Å². The molecular formula is C22H33N3O4. The molecule has 0 N–H and O–H groups in total. The number of ether oxygens (including phenoxy) is 2. The maximum Gasteiger partial charge on any atom is 0.410 e. The summed E-state index contributed by atoms with van der Waals surface area (Å²) in [4.78, 5) is 32.2. The summed E-state index contributed by atoms with van der Waals surface area (Å²) in [6.45, 7) is 6.63. The molecule has 4 saturated heterocycles. The molecule has 1 spiro atoms. The van der Waals surface area contributed by atoms with Crippen molar-refractivity contribution in [1.29, 1.82) is 0 Å². The molecule has 6 fully saturated rings. The predicted octanol–water partition coefficient (Wildman–Crippen LogP) is 1.71. The lowest BCUT2D eigenvalue weighted by Crippen LogP contribution is -2.66. The number of amides is 2. The van der Waals surface area contributed by atoms with E-state index in [4.69, 9.17) is 9.47 Å². The normalized spacial score (nSPS) is 42.1. The molecule has 2 unspecified atom stereocenters. The van der Waals surface area contributed by atoms with Gasteiger partial charge in [0.05, 0.1) is 31.9 Å². The first-order chi connectivity index (χ1) is 14.1. The average Bonchev–Trinajstić information content (AvgIpc) is 3.12. The highest BCUT2D eigenvalue weighted by atomic mass is 16.6. The second-order valence-corrected chi connectivity index (χ2v) is 10.2. The van der Waals surface area contributed by atoms with Crippen LogP contribution in [0, 0.1) is 17.8 Å². The molecule has 2 bridgehead atoms. The summed E-state index contributed by atoms with van der Waals surface area (Å²) in [5.41, 5.74) is 0.283. The predicted molar refractivity (Wildman–Crippen MR) is 105 cm³/mol. The van der Waals surface area contributed by atoms with Crippen LogP contribution in [0.3, 0.4) is 0 Å².